The Morgan fingerprint density at radius 3 is 2.86 bits per heavy atom. The van der Waals surface area contributed by atoms with Crippen molar-refractivity contribution in [2.24, 2.45) is 5.92 Å². The molecule has 1 aliphatic carbocycles. The highest BCUT2D eigenvalue weighted by Crippen LogP contribution is 2.42. The van der Waals surface area contributed by atoms with Crippen molar-refractivity contribution in [3.63, 3.8) is 0 Å². The van der Waals surface area contributed by atoms with Gasteiger partial charge in [0.05, 0.1) is 11.3 Å². The van der Waals surface area contributed by atoms with E-state index in [9.17, 15) is 13.2 Å². The van der Waals surface area contributed by atoms with Crippen LogP contribution < -0.4 is 4.90 Å². The third kappa shape index (κ3) is 2.26. The Balaban J connectivity index is 1.75. The molecule has 1 fully saturated rings. The number of fused-ring (bicyclic) bond motifs is 3. The van der Waals surface area contributed by atoms with E-state index in [1.807, 2.05) is 4.90 Å². The number of piperidine rings is 1. The molecule has 1 aliphatic heterocycles. The van der Waals surface area contributed by atoms with Crippen molar-refractivity contribution in [2.45, 2.75) is 38.3 Å². The summed E-state index contributed by atoms with van der Waals surface area (Å²) in [6.45, 7) is 0.656. The maximum absolute atomic E-state index is 13.0. The van der Waals surface area contributed by atoms with Crippen molar-refractivity contribution in [2.75, 3.05) is 18.0 Å². The molecule has 2 aliphatic rings. The molecule has 2 aromatic rings. The molecular weight excluding hydrogens is 311 g/mol. The van der Waals surface area contributed by atoms with Crippen LogP contribution in [0.3, 0.4) is 0 Å². The maximum Gasteiger partial charge on any atom is 0.393 e. The first-order chi connectivity index (χ1) is 10.5. The van der Waals surface area contributed by atoms with Crippen LogP contribution in [0.25, 0.3) is 10.2 Å². The summed E-state index contributed by atoms with van der Waals surface area (Å²) in [5.74, 6) is -0.545. The van der Waals surface area contributed by atoms with Crippen LogP contribution in [0, 0.1) is 5.92 Å². The fourth-order valence-electron chi connectivity index (χ4n) is 3.59. The van der Waals surface area contributed by atoms with Gasteiger partial charge in [0.2, 0.25) is 0 Å². The lowest BCUT2D eigenvalue weighted by molar-refractivity contribution is -0.176. The molecule has 2 aromatic heterocycles. The summed E-state index contributed by atoms with van der Waals surface area (Å²) in [5.41, 5.74) is 1.27. The van der Waals surface area contributed by atoms with Crippen LogP contribution in [0.15, 0.2) is 6.33 Å². The van der Waals surface area contributed by atoms with Gasteiger partial charge in [-0.2, -0.15) is 13.2 Å². The van der Waals surface area contributed by atoms with Gasteiger partial charge in [0.15, 0.2) is 0 Å². The number of aryl methyl sites for hydroxylation is 2. The van der Waals surface area contributed by atoms with Gasteiger partial charge < -0.3 is 4.90 Å². The molecule has 1 saturated heterocycles. The van der Waals surface area contributed by atoms with E-state index >= 15 is 0 Å². The van der Waals surface area contributed by atoms with Crippen molar-refractivity contribution in [3.8, 4) is 0 Å². The molecule has 0 amide bonds. The SMILES string of the molecule is FC(F)(F)[C@@H]1CCCN(c2ncnc3sc4c(c23)CCC4)C1. The van der Waals surface area contributed by atoms with Gasteiger partial charge in [-0.1, -0.05) is 0 Å². The lowest BCUT2D eigenvalue weighted by atomic mass is 9.97. The minimum atomic E-state index is -4.12. The van der Waals surface area contributed by atoms with Crippen LogP contribution in [-0.4, -0.2) is 29.2 Å². The van der Waals surface area contributed by atoms with Gasteiger partial charge in [-0.05, 0) is 37.7 Å². The van der Waals surface area contributed by atoms with E-state index in [0.717, 1.165) is 29.5 Å². The number of anilines is 1. The second-order valence-electron chi connectivity index (χ2n) is 6.06. The molecule has 4 rings (SSSR count). The number of nitrogens with zero attached hydrogens (tertiary/aromatic N) is 3. The minimum absolute atomic E-state index is 0.0141. The maximum atomic E-state index is 13.0. The summed E-state index contributed by atoms with van der Waals surface area (Å²) >= 11 is 1.67. The van der Waals surface area contributed by atoms with E-state index in [4.69, 9.17) is 0 Å². The number of hydrogen-bond acceptors (Lipinski definition) is 4. The van der Waals surface area contributed by atoms with Gasteiger partial charge >= 0.3 is 6.18 Å². The fraction of sp³-hybridized carbons (Fsp3) is 0.600. The molecule has 0 bridgehead atoms. The molecule has 0 radical (unpaired) electrons. The van der Waals surface area contributed by atoms with Gasteiger partial charge in [0, 0.05) is 18.0 Å². The van der Waals surface area contributed by atoms with Gasteiger partial charge in [0.25, 0.3) is 0 Å². The summed E-state index contributed by atoms with van der Waals surface area (Å²) in [6.07, 6.45) is 1.31. The highest BCUT2D eigenvalue weighted by molar-refractivity contribution is 7.19. The topological polar surface area (TPSA) is 29.0 Å². The van der Waals surface area contributed by atoms with Crippen molar-refractivity contribution >= 4 is 27.4 Å². The largest absolute Gasteiger partial charge is 0.393 e. The van der Waals surface area contributed by atoms with Crippen LogP contribution >= 0.6 is 11.3 Å². The molecule has 3 nitrogen and oxygen atoms in total. The first kappa shape index (κ1) is 14.2. The zero-order valence-corrected chi connectivity index (χ0v) is 12.8. The molecule has 0 aromatic carbocycles. The van der Waals surface area contributed by atoms with Gasteiger partial charge in [-0.15, -0.1) is 11.3 Å². The lowest BCUT2D eigenvalue weighted by Crippen LogP contribution is -2.42. The Labute approximate surface area is 130 Å². The summed E-state index contributed by atoms with van der Waals surface area (Å²) in [4.78, 5) is 12.7. The Kier molecular flexibility index (Phi) is 3.29. The van der Waals surface area contributed by atoms with E-state index in [0.29, 0.717) is 18.8 Å². The number of thiophene rings is 1. The first-order valence-corrected chi connectivity index (χ1v) is 8.42. The quantitative estimate of drug-likeness (QED) is 0.794. The smallest absolute Gasteiger partial charge is 0.355 e. The van der Waals surface area contributed by atoms with Crippen LogP contribution in [0.4, 0.5) is 19.0 Å². The molecule has 3 heterocycles. The molecular formula is C15H16F3N3S. The lowest BCUT2D eigenvalue weighted by Gasteiger charge is -2.34. The Hall–Kier alpha value is -1.37. The van der Waals surface area contributed by atoms with Crippen LogP contribution in [-0.2, 0) is 12.8 Å². The standard InChI is InChI=1S/C15H16F3N3S/c16-15(17,18)9-3-2-6-21(7-9)13-12-10-4-1-5-11(10)22-14(12)20-8-19-13/h8-9H,1-7H2/t9-/m1/s1. The van der Waals surface area contributed by atoms with E-state index in [1.165, 1.54) is 16.8 Å². The second kappa shape index (κ2) is 5.08. The van der Waals surface area contributed by atoms with Crippen molar-refractivity contribution in [1.82, 2.24) is 9.97 Å². The molecule has 0 unspecified atom stereocenters. The van der Waals surface area contributed by atoms with Crippen molar-refractivity contribution in [3.05, 3.63) is 16.8 Å². The zero-order chi connectivity index (χ0) is 15.3. The van der Waals surface area contributed by atoms with Gasteiger partial charge in [0.1, 0.15) is 17.0 Å². The zero-order valence-electron chi connectivity index (χ0n) is 12.0. The van der Waals surface area contributed by atoms with E-state index < -0.39 is 12.1 Å². The summed E-state index contributed by atoms with van der Waals surface area (Å²) < 4.78 is 39.1. The predicted molar refractivity (Wildman–Crippen MR) is 80.4 cm³/mol. The number of rotatable bonds is 1. The molecule has 0 N–H and O–H groups in total. The third-order valence-electron chi connectivity index (χ3n) is 4.67. The van der Waals surface area contributed by atoms with E-state index in [1.54, 1.807) is 11.3 Å². The normalized spacial score (nSPS) is 22.3. The number of halogens is 3. The van der Waals surface area contributed by atoms with Crippen molar-refractivity contribution in [1.29, 1.82) is 0 Å². The van der Waals surface area contributed by atoms with Crippen LogP contribution in [0.2, 0.25) is 0 Å². The van der Waals surface area contributed by atoms with Crippen LogP contribution in [0.1, 0.15) is 29.7 Å². The predicted octanol–water partition coefficient (Wildman–Crippen LogP) is 3.96. The Morgan fingerprint density at radius 2 is 2.05 bits per heavy atom. The average Bonchev–Trinajstić information content (AvgIpc) is 3.06. The summed E-state index contributed by atoms with van der Waals surface area (Å²) in [7, 11) is 0. The van der Waals surface area contributed by atoms with E-state index in [-0.39, 0.29) is 13.0 Å². The molecule has 7 heteroatoms. The molecule has 1 atom stereocenters. The number of hydrogen-bond donors (Lipinski definition) is 0. The summed E-state index contributed by atoms with van der Waals surface area (Å²) in [5, 5.41) is 1.00. The Morgan fingerprint density at radius 1 is 1.18 bits per heavy atom. The highest BCUT2D eigenvalue weighted by Gasteiger charge is 2.42. The average molecular weight is 327 g/mol. The third-order valence-corrected chi connectivity index (χ3v) is 5.86. The highest BCUT2D eigenvalue weighted by atomic mass is 32.1. The van der Waals surface area contributed by atoms with Crippen LogP contribution in [0.5, 0.6) is 0 Å². The Bertz CT molecular complexity index is 710. The number of alkyl halides is 3. The van der Waals surface area contributed by atoms with Gasteiger partial charge in [-0.3, -0.25) is 0 Å². The molecule has 0 spiro atoms. The molecule has 118 valence electrons. The molecule has 22 heavy (non-hydrogen) atoms. The summed E-state index contributed by atoms with van der Waals surface area (Å²) in [6, 6.07) is 0. The minimum Gasteiger partial charge on any atom is -0.355 e. The monoisotopic (exact) mass is 327 g/mol. The van der Waals surface area contributed by atoms with Gasteiger partial charge in [-0.25, -0.2) is 9.97 Å². The fourth-order valence-corrected chi connectivity index (χ4v) is 4.81. The van der Waals surface area contributed by atoms with E-state index in [2.05, 4.69) is 9.97 Å². The number of aromatic nitrogens is 2. The second-order valence-corrected chi connectivity index (χ2v) is 7.15. The first-order valence-electron chi connectivity index (χ1n) is 7.61. The molecule has 0 saturated carbocycles. The van der Waals surface area contributed by atoms with Crippen molar-refractivity contribution < 1.29 is 13.2 Å².